The Kier molecular flexibility index (Phi) is 64.6. The Hall–Kier alpha value is -2.83. The number of carbonyl (C=O) groups excluding carboxylic acids is 1. The maximum atomic E-state index is 13.4. The van der Waals surface area contributed by atoms with Crippen molar-refractivity contribution < 1.29 is 64.6 Å². The Balaban J connectivity index is 1.57. The monoisotopic (exact) mass is 1410 g/mol. The summed E-state index contributed by atoms with van der Waals surface area (Å²) in [7, 11) is 0. The van der Waals surface area contributed by atoms with Crippen molar-refractivity contribution >= 4 is 5.91 Å². The molecule has 0 spiro atoms. The highest BCUT2D eigenvalue weighted by Gasteiger charge is 2.51. The van der Waals surface area contributed by atoms with Crippen molar-refractivity contribution in [2.24, 2.45) is 0 Å². The molecule has 0 aliphatic carbocycles. The molecule has 0 radical (unpaired) electrons. The van der Waals surface area contributed by atoms with Gasteiger partial charge in [-0.05, 0) is 77.0 Å². The van der Waals surface area contributed by atoms with Crippen LogP contribution < -0.4 is 5.32 Å². The minimum atomic E-state index is -1.79. The number of aliphatic hydroxyl groups is 8. The van der Waals surface area contributed by atoms with E-state index in [0.29, 0.717) is 12.8 Å². The van der Waals surface area contributed by atoms with Crippen LogP contribution in [0.3, 0.4) is 0 Å². The number of nitrogens with one attached hydrogen (secondary N) is 1. The third-order valence-corrected chi connectivity index (χ3v) is 20.1. The van der Waals surface area contributed by atoms with Gasteiger partial charge in [-0.25, -0.2) is 0 Å². The van der Waals surface area contributed by atoms with Gasteiger partial charge in [0.15, 0.2) is 12.6 Å². The number of ether oxygens (including phenoxy) is 4. The van der Waals surface area contributed by atoms with E-state index in [-0.39, 0.29) is 18.9 Å². The number of hydrogen-bond donors (Lipinski definition) is 9. The highest BCUT2D eigenvalue weighted by atomic mass is 16.7. The Morgan fingerprint density at radius 1 is 0.370 bits per heavy atom. The van der Waals surface area contributed by atoms with E-state index >= 15 is 0 Å². The number of rotatable bonds is 70. The lowest BCUT2D eigenvalue weighted by Gasteiger charge is -2.46. The molecule has 0 aromatic rings. The highest BCUT2D eigenvalue weighted by molar-refractivity contribution is 5.76. The molecule has 14 nitrogen and oxygen atoms in total. The molecule has 14 heteroatoms. The lowest BCUT2D eigenvalue weighted by atomic mass is 9.97. The van der Waals surface area contributed by atoms with Crippen LogP contribution in [0.4, 0.5) is 0 Å². The Morgan fingerprint density at radius 2 is 0.700 bits per heavy atom. The van der Waals surface area contributed by atoms with Crippen LogP contribution >= 0.6 is 0 Å². The molecule has 582 valence electrons. The van der Waals surface area contributed by atoms with Crippen molar-refractivity contribution in [3.8, 4) is 0 Å². The summed E-state index contributed by atoms with van der Waals surface area (Å²) in [4.78, 5) is 13.4. The van der Waals surface area contributed by atoms with Gasteiger partial charge in [0.05, 0.1) is 32.0 Å². The average molecular weight is 1410 g/mol. The summed E-state index contributed by atoms with van der Waals surface area (Å²) in [6.45, 7) is 2.72. The van der Waals surface area contributed by atoms with Gasteiger partial charge in [-0.2, -0.15) is 0 Å². The first-order valence-electron chi connectivity index (χ1n) is 41.8. The van der Waals surface area contributed by atoms with Crippen LogP contribution in [0.2, 0.25) is 0 Å². The zero-order valence-corrected chi connectivity index (χ0v) is 63.9. The van der Waals surface area contributed by atoms with Crippen molar-refractivity contribution in [3.05, 3.63) is 85.1 Å². The van der Waals surface area contributed by atoms with Crippen LogP contribution in [0.5, 0.6) is 0 Å². The highest BCUT2D eigenvalue weighted by Crippen LogP contribution is 2.30. The zero-order valence-electron chi connectivity index (χ0n) is 63.9. The minimum Gasteiger partial charge on any atom is -0.394 e. The molecule has 2 fully saturated rings. The molecule has 0 aromatic heterocycles. The van der Waals surface area contributed by atoms with Gasteiger partial charge in [-0.1, -0.05) is 362 Å². The standard InChI is InChI=1S/C86H155NO13/c1-3-5-7-9-11-13-15-17-19-21-23-25-27-29-30-31-32-33-34-35-36-37-38-39-40-41-42-43-44-46-48-50-52-54-56-58-60-62-64-66-68-70-78(91)87-74(73-97-85-83(96)81(94)84(77(72-89)99-85)100-86-82(95)80(93)79(92)76(71-88)98-86)75(90)69-67-65-63-61-59-57-55-53-51-49-47-45-28-26-24-22-20-18-16-14-12-10-8-6-4-2/h5,7,11,13,17,19,23,25,29-30,59,61,67,69,74-77,79-86,88-90,92-96H,3-4,6,8-10,12,14-16,18,20-22,24,26-28,31-58,60,62-66,68,70-73H2,1-2H3,(H,87,91)/b7-5-,13-11-,19-17-,25-23-,30-29-,61-59+,69-67+. The molecular formula is C86H155NO13. The van der Waals surface area contributed by atoms with E-state index in [9.17, 15) is 45.6 Å². The molecule has 0 saturated carbocycles. The van der Waals surface area contributed by atoms with E-state index in [1.807, 2.05) is 6.08 Å². The predicted molar refractivity (Wildman–Crippen MR) is 415 cm³/mol. The average Bonchev–Trinajstić information content (AvgIpc) is 0.791. The largest absolute Gasteiger partial charge is 0.394 e. The van der Waals surface area contributed by atoms with Crippen molar-refractivity contribution in [2.75, 3.05) is 19.8 Å². The molecule has 2 aliphatic rings. The number of unbranched alkanes of at least 4 members (excludes halogenated alkanes) is 45. The van der Waals surface area contributed by atoms with E-state index in [2.05, 4.69) is 92.1 Å². The summed E-state index contributed by atoms with van der Waals surface area (Å²) < 4.78 is 22.9. The fraction of sp³-hybridized carbons (Fsp3) is 0.826. The summed E-state index contributed by atoms with van der Waals surface area (Å²) in [5.41, 5.74) is 0. The van der Waals surface area contributed by atoms with E-state index in [1.165, 1.54) is 263 Å². The van der Waals surface area contributed by atoms with Gasteiger partial charge in [0, 0.05) is 6.42 Å². The Labute approximate surface area is 611 Å². The summed E-state index contributed by atoms with van der Waals surface area (Å²) in [6, 6.07) is -0.934. The van der Waals surface area contributed by atoms with E-state index in [4.69, 9.17) is 18.9 Å². The van der Waals surface area contributed by atoms with Gasteiger partial charge in [-0.3, -0.25) is 4.79 Å². The lowest BCUT2D eigenvalue weighted by molar-refractivity contribution is -0.359. The lowest BCUT2D eigenvalue weighted by Crippen LogP contribution is -2.65. The summed E-state index contributed by atoms with van der Waals surface area (Å²) >= 11 is 0. The van der Waals surface area contributed by atoms with Gasteiger partial charge >= 0.3 is 0 Å². The molecule has 12 unspecified atom stereocenters. The molecule has 0 aromatic carbocycles. The first-order valence-corrected chi connectivity index (χ1v) is 41.8. The topological polar surface area (TPSA) is 228 Å². The number of carbonyl (C=O) groups is 1. The van der Waals surface area contributed by atoms with Gasteiger partial charge < -0.3 is 65.1 Å². The van der Waals surface area contributed by atoms with Crippen LogP contribution in [-0.4, -0.2) is 140 Å². The first-order chi connectivity index (χ1) is 49.1. The van der Waals surface area contributed by atoms with Gasteiger partial charge in [0.25, 0.3) is 0 Å². The van der Waals surface area contributed by atoms with Crippen molar-refractivity contribution in [3.63, 3.8) is 0 Å². The molecule has 0 bridgehead atoms. The summed E-state index contributed by atoms with van der Waals surface area (Å²) in [5.74, 6) is -0.243. The van der Waals surface area contributed by atoms with Crippen LogP contribution in [0.25, 0.3) is 0 Å². The quantitative estimate of drug-likeness (QED) is 0.0204. The van der Waals surface area contributed by atoms with Crippen LogP contribution in [0.1, 0.15) is 361 Å². The maximum absolute atomic E-state index is 13.4. The van der Waals surface area contributed by atoms with Gasteiger partial charge in [0.1, 0.15) is 48.8 Å². The van der Waals surface area contributed by atoms with Crippen LogP contribution in [-0.2, 0) is 23.7 Å². The molecule has 2 saturated heterocycles. The van der Waals surface area contributed by atoms with Crippen molar-refractivity contribution in [1.82, 2.24) is 5.32 Å². The molecule has 2 rings (SSSR count). The first kappa shape index (κ1) is 93.3. The molecule has 12 atom stereocenters. The number of hydrogen-bond acceptors (Lipinski definition) is 13. The molecule has 2 heterocycles. The zero-order chi connectivity index (χ0) is 72.2. The smallest absolute Gasteiger partial charge is 0.220 e. The van der Waals surface area contributed by atoms with Gasteiger partial charge in [0.2, 0.25) is 5.91 Å². The van der Waals surface area contributed by atoms with Crippen LogP contribution in [0.15, 0.2) is 85.1 Å². The molecule has 2 aliphatic heterocycles. The Bertz CT molecular complexity index is 2010. The summed E-state index contributed by atoms with van der Waals surface area (Å²) in [5, 5.41) is 87.7. The normalized spacial score (nSPS) is 22.3. The van der Waals surface area contributed by atoms with E-state index in [1.54, 1.807) is 6.08 Å². The fourth-order valence-corrected chi connectivity index (χ4v) is 13.5. The van der Waals surface area contributed by atoms with Crippen LogP contribution in [0, 0.1) is 0 Å². The Morgan fingerprint density at radius 3 is 1.10 bits per heavy atom. The summed E-state index contributed by atoms with van der Waals surface area (Å²) in [6.07, 6.45) is 81.1. The number of allylic oxidation sites excluding steroid dienone is 13. The maximum Gasteiger partial charge on any atom is 0.220 e. The SMILES string of the molecule is CC/C=C\C/C=C\C/C=C\C/C=C\C/C=C\CCCCCCCCCCCCCCCCCCCCCCCCCCCC(=O)NC(COC1OC(CO)C(OC2OC(CO)C(O)C(O)C2O)C(O)C1O)C(O)/C=C/CC/C=C/CCCCCCCCCCCCCCCCCCCCC. The third kappa shape index (κ3) is 51.4. The molecule has 100 heavy (non-hydrogen) atoms. The second kappa shape index (κ2) is 69.2. The van der Waals surface area contributed by atoms with Crippen molar-refractivity contribution in [2.45, 2.75) is 434 Å². The molecule has 1 amide bonds. The van der Waals surface area contributed by atoms with E-state index in [0.717, 1.165) is 64.2 Å². The second-order valence-corrected chi connectivity index (χ2v) is 29.2. The predicted octanol–water partition coefficient (Wildman–Crippen LogP) is 19.5. The number of aliphatic hydroxyl groups excluding tert-OH is 8. The minimum absolute atomic E-state index is 0.243. The fourth-order valence-electron chi connectivity index (χ4n) is 13.5. The van der Waals surface area contributed by atoms with E-state index < -0.39 is 86.8 Å². The second-order valence-electron chi connectivity index (χ2n) is 29.2. The van der Waals surface area contributed by atoms with Crippen molar-refractivity contribution in [1.29, 1.82) is 0 Å². The number of amides is 1. The van der Waals surface area contributed by atoms with Gasteiger partial charge in [-0.15, -0.1) is 0 Å². The third-order valence-electron chi connectivity index (χ3n) is 20.1. The molecular weight excluding hydrogens is 1250 g/mol. The molecule has 9 N–H and O–H groups in total.